The summed E-state index contributed by atoms with van der Waals surface area (Å²) in [6.07, 6.45) is -3.18. The van der Waals surface area contributed by atoms with Gasteiger partial charge in [-0.3, -0.25) is 0 Å². The summed E-state index contributed by atoms with van der Waals surface area (Å²) in [5.74, 6) is -0.548. The normalized spacial score (nSPS) is 11.7. The minimum Gasteiger partial charge on any atom is -0.170 e. The van der Waals surface area contributed by atoms with Crippen LogP contribution in [-0.2, 0) is 0 Å². The summed E-state index contributed by atoms with van der Waals surface area (Å²) in [7, 11) is 0. The quantitative estimate of drug-likeness (QED) is 0.650. The first-order valence-electron chi connectivity index (χ1n) is 4.15. The van der Waals surface area contributed by atoms with Gasteiger partial charge in [-0.2, -0.15) is 13.2 Å². The molecular weight excluding hydrogens is 189 g/mol. The second kappa shape index (κ2) is 4.31. The highest BCUT2D eigenvalue weighted by molar-refractivity contribution is 5.34. The van der Waals surface area contributed by atoms with E-state index in [4.69, 9.17) is 0 Å². The molecule has 0 amide bonds. The topological polar surface area (TPSA) is 0 Å². The van der Waals surface area contributed by atoms with E-state index >= 15 is 0 Å². The number of allylic oxidation sites excluding steroid dienone is 1. The second-order valence-electron chi connectivity index (χ2n) is 2.84. The van der Waals surface area contributed by atoms with Gasteiger partial charge in [0.15, 0.2) is 0 Å². The maximum atomic E-state index is 12.5. The van der Waals surface area contributed by atoms with E-state index in [-0.39, 0.29) is 12.0 Å². The van der Waals surface area contributed by atoms with Crippen molar-refractivity contribution in [3.05, 3.63) is 54.5 Å². The van der Waals surface area contributed by atoms with Crippen molar-refractivity contribution in [1.82, 2.24) is 0 Å². The van der Waals surface area contributed by atoms with Gasteiger partial charge in [0.2, 0.25) is 0 Å². The standard InChI is InChI=1S/C11H10F3/c1-2-6-10(11(12,13)14)9-7-4-3-5-8-9/h2-5,7-8H,1,6H2. The zero-order chi connectivity index (χ0) is 10.6. The van der Waals surface area contributed by atoms with Gasteiger partial charge in [-0.25, -0.2) is 0 Å². The third-order valence-electron chi connectivity index (χ3n) is 1.81. The molecule has 0 fully saturated rings. The maximum Gasteiger partial charge on any atom is 0.399 e. The van der Waals surface area contributed by atoms with Crippen LogP contribution >= 0.6 is 0 Å². The number of hydrogen-bond donors (Lipinski definition) is 0. The minimum absolute atomic E-state index is 0.159. The third kappa shape index (κ3) is 2.62. The second-order valence-corrected chi connectivity index (χ2v) is 2.84. The average molecular weight is 199 g/mol. The van der Waals surface area contributed by atoms with E-state index in [1.54, 1.807) is 18.2 Å². The van der Waals surface area contributed by atoms with E-state index in [1.165, 1.54) is 18.2 Å². The Balaban J connectivity index is 2.95. The van der Waals surface area contributed by atoms with Crippen molar-refractivity contribution < 1.29 is 13.2 Å². The summed E-state index contributed by atoms with van der Waals surface area (Å²) in [5.41, 5.74) is 0.208. The van der Waals surface area contributed by atoms with Crippen LogP contribution in [0.1, 0.15) is 12.0 Å². The molecule has 0 unspecified atom stereocenters. The van der Waals surface area contributed by atoms with Gasteiger partial charge in [0.25, 0.3) is 0 Å². The smallest absolute Gasteiger partial charge is 0.170 e. The minimum atomic E-state index is -4.28. The van der Waals surface area contributed by atoms with Crippen LogP contribution in [0.2, 0.25) is 0 Å². The van der Waals surface area contributed by atoms with E-state index in [1.807, 2.05) is 0 Å². The lowest BCUT2D eigenvalue weighted by molar-refractivity contribution is -0.110. The zero-order valence-corrected chi connectivity index (χ0v) is 7.51. The molecule has 75 valence electrons. The van der Waals surface area contributed by atoms with Crippen molar-refractivity contribution in [1.29, 1.82) is 0 Å². The molecule has 0 aromatic heterocycles. The van der Waals surface area contributed by atoms with Gasteiger partial charge < -0.3 is 0 Å². The highest BCUT2D eigenvalue weighted by atomic mass is 19.4. The number of halogens is 3. The molecule has 0 aliphatic heterocycles. The molecule has 0 bridgehead atoms. The molecule has 0 nitrogen and oxygen atoms in total. The van der Waals surface area contributed by atoms with Gasteiger partial charge in [0.05, 0.1) is 0 Å². The zero-order valence-electron chi connectivity index (χ0n) is 7.51. The van der Waals surface area contributed by atoms with Gasteiger partial charge >= 0.3 is 6.18 Å². The molecule has 1 radical (unpaired) electrons. The summed E-state index contributed by atoms with van der Waals surface area (Å²) in [6, 6.07) is 7.76. The molecule has 14 heavy (non-hydrogen) atoms. The lowest BCUT2D eigenvalue weighted by Gasteiger charge is -2.17. The molecule has 1 aromatic carbocycles. The summed E-state index contributed by atoms with van der Waals surface area (Å²) < 4.78 is 37.5. The Bertz CT molecular complexity index is 287. The van der Waals surface area contributed by atoms with Crippen LogP contribution in [0.4, 0.5) is 13.2 Å². The van der Waals surface area contributed by atoms with Crippen LogP contribution in [0.5, 0.6) is 0 Å². The fraction of sp³-hybridized carbons (Fsp3) is 0.182. The molecule has 1 rings (SSSR count). The Hall–Kier alpha value is -1.25. The van der Waals surface area contributed by atoms with Crippen LogP contribution in [0.15, 0.2) is 43.0 Å². The molecule has 0 aliphatic carbocycles. The number of rotatable bonds is 3. The molecule has 0 atom stereocenters. The van der Waals surface area contributed by atoms with Gasteiger partial charge in [-0.05, 0) is 12.0 Å². The van der Waals surface area contributed by atoms with Gasteiger partial charge in [-0.15, -0.1) is 6.58 Å². The molecule has 0 aliphatic rings. The highest BCUT2D eigenvalue weighted by Gasteiger charge is 2.40. The molecule has 3 heteroatoms. The highest BCUT2D eigenvalue weighted by Crippen LogP contribution is 2.36. The van der Waals surface area contributed by atoms with E-state index < -0.39 is 12.1 Å². The molecule has 0 heterocycles. The first kappa shape index (κ1) is 10.8. The molecule has 0 spiro atoms. The van der Waals surface area contributed by atoms with E-state index in [0.29, 0.717) is 0 Å². The summed E-state index contributed by atoms with van der Waals surface area (Å²) in [6.45, 7) is 3.32. The van der Waals surface area contributed by atoms with Crippen LogP contribution in [0, 0.1) is 5.92 Å². The molecule has 0 saturated carbocycles. The summed E-state index contributed by atoms with van der Waals surface area (Å²) >= 11 is 0. The van der Waals surface area contributed by atoms with E-state index in [0.717, 1.165) is 0 Å². The van der Waals surface area contributed by atoms with E-state index in [2.05, 4.69) is 6.58 Å². The van der Waals surface area contributed by atoms with Gasteiger partial charge in [0, 0.05) is 0 Å². The Morgan fingerprint density at radius 1 is 1.21 bits per heavy atom. The van der Waals surface area contributed by atoms with Crippen molar-refractivity contribution in [2.24, 2.45) is 0 Å². The first-order valence-corrected chi connectivity index (χ1v) is 4.15. The maximum absolute atomic E-state index is 12.5. The van der Waals surface area contributed by atoms with Gasteiger partial charge in [0.1, 0.15) is 5.92 Å². The first-order chi connectivity index (χ1) is 6.55. The Labute approximate surface area is 81.1 Å². The lowest BCUT2D eigenvalue weighted by atomic mass is 9.95. The molecular formula is C11H10F3. The lowest BCUT2D eigenvalue weighted by Crippen LogP contribution is -2.21. The molecule has 1 aromatic rings. The van der Waals surface area contributed by atoms with Crippen molar-refractivity contribution in [3.8, 4) is 0 Å². The van der Waals surface area contributed by atoms with Crippen molar-refractivity contribution >= 4 is 0 Å². The van der Waals surface area contributed by atoms with Crippen LogP contribution in [0.25, 0.3) is 0 Å². The van der Waals surface area contributed by atoms with Crippen LogP contribution in [0.3, 0.4) is 0 Å². The average Bonchev–Trinajstić information content (AvgIpc) is 2.14. The molecule has 0 saturated heterocycles. The number of alkyl halides is 3. The fourth-order valence-corrected chi connectivity index (χ4v) is 1.18. The van der Waals surface area contributed by atoms with Gasteiger partial charge in [-0.1, -0.05) is 36.4 Å². The van der Waals surface area contributed by atoms with Crippen LogP contribution in [-0.4, -0.2) is 6.18 Å². The molecule has 0 N–H and O–H groups in total. The van der Waals surface area contributed by atoms with Crippen molar-refractivity contribution in [3.63, 3.8) is 0 Å². The van der Waals surface area contributed by atoms with E-state index in [9.17, 15) is 13.2 Å². The Morgan fingerprint density at radius 3 is 2.21 bits per heavy atom. The third-order valence-corrected chi connectivity index (χ3v) is 1.81. The largest absolute Gasteiger partial charge is 0.399 e. The Morgan fingerprint density at radius 2 is 1.79 bits per heavy atom. The van der Waals surface area contributed by atoms with Crippen molar-refractivity contribution in [2.45, 2.75) is 12.6 Å². The predicted octanol–water partition coefficient (Wildman–Crippen LogP) is 3.75. The Kier molecular flexibility index (Phi) is 3.33. The monoisotopic (exact) mass is 199 g/mol. The number of benzene rings is 1. The number of hydrogen-bond acceptors (Lipinski definition) is 0. The van der Waals surface area contributed by atoms with Crippen molar-refractivity contribution in [2.75, 3.05) is 0 Å². The predicted molar refractivity (Wildman–Crippen MR) is 49.7 cm³/mol. The fourth-order valence-electron chi connectivity index (χ4n) is 1.18. The van der Waals surface area contributed by atoms with Crippen LogP contribution < -0.4 is 0 Å². The summed E-state index contributed by atoms with van der Waals surface area (Å²) in [5, 5.41) is 0. The SMILES string of the molecule is C=CC[C](c1ccccc1)C(F)(F)F. The summed E-state index contributed by atoms with van der Waals surface area (Å²) in [4.78, 5) is 0.